The number of nitrogens with zero attached hydrogens (tertiary/aromatic N) is 5. The van der Waals surface area contributed by atoms with Gasteiger partial charge in [-0.25, -0.2) is 9.67 Å². The summed E-state index contributed by atoms with van der Waals surface area (Å²) < 4.78 is 38.9. The van der Waals surface area contributed by atoms with Crippen LogP contribution in [0.2, 0.25) is 0 Å². The van der Waals surface area contributed by atoms with Gasteiger partial charge in [0.2, 0.25) is 0 Å². The maximum absolute atomic E-state index is 12.5. The van der Waals surface area contributed by atoms with Crippen molar-refractivity contribution >= 4 is 0 Å². The number of rotatable bonds is 3. The molecule has 3 rings (SSSR count). The van der Waals surface area contributed by atoms with Crippen molar-refractivity contribution in [3.05, 3.63) is 35.9 Å². The van der Waals surface area contributed by atoms with Crippen LogP contribution in [0.4, 0.5) is 13.2 Å². The Hall–Kier alpha value is -2.00. The van der Waals surface area contributed by atoms with Gasteiger partial charge in [-0.05, 0) is 12.1 Å². The molecule has 3 heterocycles. The number of hydrogen-bond acceptors (Lipinski definition) is 5. The molecule has 22 heavy (non-hydrogen) atoms. The fourth-order valence-electron chi connectivity index (χ4n) is 2.28. The summed E-state index contributed by atoms with van der Waals surface area (Å²) in [5.41, 5.74) is 0.311. The van der Waals surface area contributed by atoms with Crippen LogP contribution in [0.3, 0.4) is 0 Å². The first-order valence-electron chi connectivity index (χ1n) is 6.90. The number of alkyl halides is 3. The molecule has 0 amide bonds. The Morgan fingerprint density at radius 1 is 1.18 bits per heavy atom. The molecule has 0 aromatic carbocycles. The smallest absolute Gasteiger partial charge is 0.314 e. The van der Waals surface area contributed by atoms with E-state index in [4.69, 9.17) is 0 Å². The number of piperazine rings is 1. The molecule has 0 spiro atoms. The van der Waals surface area contributed by atoms with Crippen LogP contribution in [0.5, 0.6) is 0 Å². The summed E-state index contributed by atoms with van der Waals surface area (Å²) in [5.74, 6) is 0. The monoisotopic (exact) mass is 312 g/mol. The maximum Gasteiger partial charge on any atom is 0.433 e. The van der Waals surface area contributed by atoms with Crippen LogP contribution in [0.15, 0.2) is 24.5 Å². The van der Waals surface area contributed by atoms with Crippen LogP contribution in [-0.2, 0) is 12.7 Å². The highest BCUT2D eigenvalue weighted by Crippen LogP contribution is 2.27. The Kier molecular flexibility index (Phi) is 4.08. The van der Waals surface area contributed by atoms with Gasteiger partial charge in [-0.3, -0.25) is 4.90 Å². The van der Waals surface area contributed by atoms with Gasteiger partial charge >= 0.3 is 6.18 Å². The van der Waals surface area contributed by atoms with Crippen LogP contribution in [0.25, 0.3) is 5.69 Å². The van der Waals surface area contributed by atoms with Crippen molar-refractivity contribution in [1.82, 2.24) is 30.2 Å². The lowest BCUT2D eigenvalue weighted by atomic mass is 10.3. The SMILES string of the molecule is FC(F)(F)c1ccc(-n2cc(CN3CCNCC3)nn2)cn1. The van der Waals surface area contributed by atoms with Gasteiger partial charge in [-0.2, -0.15) is 13.2 Å². The molecule has 0 bridgehead atoms. The van der Waals surface area contributed by atoms with Crippen molar-refractivity contribution in [2.24, 2.45) is 0 Å². The molecule has 0 saturated carbocycles. The van der Waals surface area contributed by atoms with E-state index in [0.29, 0.717) is 12.2 Å². The van der Waals surface area contributed by atoms with Gasteiger partial charge < -0.3 is 5.32 Å². The number of halogens is 3. The largest absolute Gasteiger partial charge is 0.433 e. The zero-order valence-electron chi connectivity index (χ0n) is 11.7. The molecule has 1 aliphatic rings. The zero-order chi connectivity index (χ0) is 15.6. The molecule has 6 nitrogen and oxygen atoms in total. The Morgan fingerprint density at radius 2 is 1.95 bits per heavy atom. The lowest BCUT2D eigenvalue weighted by Crippen LogP contribution is -2.42. The Labute approximate surface area is 124 Å². The second-order valence-corrected chi connectivity index (χ2v) is 5.08. The first kappa shape index (κ1) is 14.9. The van der Waals surface area contributed by atoms with Gasteiger partial charge in [0, 0.05) is 32.7 Å². The lowest BCUT2D eigenvalue weighted by Gasteiger charge is -2.25. The lowest BCUT2D eigenvalue weighted by molar-refractivity contribution is -0.141. The minimum atomic E-state index is -4.44. The minimum absolute atomic E-state index is 0.451. The molecule has 0 unspecified atom stereocenters. The van der Waals surface area contributed by atoms with E-state index in [-0.39, 0.29) is 0 Å². The standard InChI is InChI=1S/C13H15F3N6/c14-13(15,16)12-2-1-11(7-18-12)22-9-10(19-20-22)8-21-5-3-17-4-6-21/h1-2,7,9,17H,3-6,8H2. The first-order valence-corrected chi connectivity index (χ1v) is 6.90. The summed E-state index contributed by atoms with van der Waals surface area (Å²) in [6, 6.07) is 2.27. The second kappa shape index (κ2) is 6.01. The molecular formula is C13H15F3N6. The van der Waals surface area contributed by atoms with Crippen LogP contribution >= 0.6 is 0 Å². The van der Waals surface area contributed by atoms with Crippen LogP contribution < -0.4 is 5.32 Å². The molecule has 2 aromatic heterocycles. The van der Waals surface area contributed by atoms with Gasteiger partial charge in [-0.1, -0.05) is 5.21 Å². The topological polar surface area (TPSA) is 58.9 Å². The van der Waals surface area contributed by atoms with Gasteiger partial charge in [0.15, 0.2) is 0 Å². The van der Waals surface area contributed by atoms with Crippen LogP contribution in [0.1, 0.15) is 11.4 Å². The minimum Gasteiger partial charge on any atom is -0.314 e. The van der Waals surface area contributed by atoms with E-state index in [2.05, 4.69) is 25.5 Å². The molecular weight excluding hydrogens is 297 g/mol. The molecule has 1 aliphatic heterocycles. The van der Waals surface area contributed by atoms with E-state index in [1.54, 1.807) is 6.20 Å². The number of hydrogen-bond donors (Lipinski definition) is 1. The maximum atomic E-state index is 12.5. The first-order chi connectivity index (χ1) is 10.5. The Balaban J connectivity index is 1.70. The van der Waals surface area contributed by atoms with E-state index in [9.17, 15) is 13.2 Å². The summed E-state index contributed by atoms with van der Waals surface area (Å²) >= 11 is 0. The third-order valence-corrected chi connectivity index (χ3v) is 3.44. The normalized spacial score (nSPS) is 16.9. The number of nitrogens with one attached hydrogen (secondary N) is 1. The van der Waals surface area contributed by atoms with Gasteiger partial charge in [0.1, 0.15) is 5.69 Å². The summed E-state index contributed by atoms with van der Waals surface area (Å²) in [7, 11) is 0. The zero-order valence-corrected chi connectivity index (χ0v) is 11.7. The highest BCUT2D eigenvalue weighted by molar-refractivity contribution is 5.29. The molecule has 118 valence electrons. The van der Waals surface area contributed by atoms with E-state index < -0.39 is 11.9 Å². The van der Waals surface area contributed by atoms with Gasteiger partial charge in [0.25, 0.3) is 0 Å². The Morgan fingerprint density at radius 3 is 2.59 bits per heavy atom. The second-order valence-electron chi connectivity index (χ2n) is 5.08. The third kappa shape index (κ3) is 3.42. The predicted molar refractivity (Wildman–Crippen MR) is 72.3 cm³/mol. The molecule has 9 heteroatoms. The average Bonchev–Trinajstić information content (AvgIpc) is 2.96. The van der Waals surface area contributed by atoms with E-state index in [0.717, 1.165) is 44.1 Å². The fraction of sp³-hybridized carbons (Fsp3) is 0.462. The van der Waals surface area contributed by atoms with Crippen molar-refractivity contribution < 1.29 is 13.2 Å². The summed E-state index contributed by atoms with van der Waals surface area (Å²) in [6.45, 7) is 4.44. The van der Waals surface area contributed by atoms with Crippen molar-refractivity contribution in [3.8, 4) is 5.69 Å². The van der Waals surface area contributed by atoms with Crippen molar-refractivity contribution in [3.63, 3.8) is 0 Å². The highest BCUT2D eigenvalue weighted by atomic mass is 19.4. The van der Waals surface area contributed by atoms with Gasteiger partial charge in [0.05, 0.1) is 23.8 Å². The average molecular weight is 312 g/mol. The third-order valence-electron chi connectivity index (χ3n) is 3.44. The van der Waals surface area contributed by atoms with Crippen molar-refractivity contribution in [2.75, 3.05) is 26.2 Å². The summed E-state index contributed by atoms with van der Waals surface area (Å²) in [6.07, 6.45) is -1.58. The van der Waals surface area contributed by atoms with Crippen LogP contribution in [0, 0.1) is 0 Å². The van der Waals surface area contributed by atoms with E-state index in [1.165, 1.54) is 10.7 Å². The van der Waals surface area contributed by atoms with Crippen molar-refractivity contribution in [1.29, 1.82) is 0 Å². The number of pyridine rings is 1. The molecule has 0 aliphatic carbocycles. The molecule has 1 N–H and O–H groups in total. The van der Waals surface area contributed by atoms with Gasteiger partial charge in [-0.15, -0.1) is 5.10 Å². The summed E-state index contributed by atoms with van der Waals surface area (Å²) in [5, 5.41) is 11.3. The molecule has 1 fully saturated rings. The molecule has 0 radical (unpaired) electrons. The summed E-state index contributed by atoms with van der Waals surface area (Å²) in [4.78, 5) is 5.66. The van der Waals surface area contributed by atoms with E-state index in [1.807, 2.05) is 0 Å². The quantitative estimate of drug-likeness (QED) is 0.919. The van der Waals surface area contributed by atoms with Crippen molar-refractivity contribution in [2.45, 2.75) is 12.7 Å². The molecule has 2 aromatic rings. The van der Waals surface area contributed by atoms with Crippen LogP contribution in [-0.4, -0.2) is 51.1 Å². The highest BCUT2D eigenvalue weighted by Gasteiger charge is 2.32. The fourth-order valence-corrected chi connectivity index (χ4v) is 2.28. The Bertz CT molecular complexity index is 615. The predicted octanol–water partition coefficient (Wildman–Crippen LogP) is 1.09. The molecule has 1 saturated heterocycles. The number of aromatic nitrogens is 4. The van der Waals surface area contributed by atoms with E-state index >= 15 is 0 Å². The molecule has 0 atom stereocenters.